The van der Waals surface area contributed by atoms with Crippen LogP contribution in [-0.2, 0) is 14.2 Å². The largest absolute Gasteiger partial charge is 0.394 e. The molecular formula is C12H22O11. The SMILES string of the molecule is OC[C@H]1O[C@@H](O[C@@H]2O[C@H](CO)[C@H](O)[C@@H](O)[C@H]2O)[C@H](O)[C@H](O)[C@H]1O. The van der Waals surface area contributed by atoms with Gasteiger partial charge in [0.1, 0.15) is 48.8 Å². The summed E-state index contributed by atoms with van der Waals surface area (Å²) in [6, 6.07) is 0. The Labute approximate surface area is 130 Å². The van der Waals surface area contributed by atoms with Crippen molar-refractivity contribution in [1.29, 1.82) is 0 Å². The Morgan fingerprint density at radius 2 is 0.913 bits per heavy atom. The highest BCUT2D eigenvalue weighted by Gasteiger charge is 2.49. The lowest BCUT2D eigenvalue weighted by atomic mass is 9.98. The lowest BCUT2D eigenvalue weighted by Gasteiger charge is -2.44. The van der Waals surface area contributed by atoms with Crippen LogP contribution in [0.2, 0.25) is 0 Å². The lowest BCUT2D eigenvalue weighted by Crippen LogP contribution is -2.63. The zero-order valence-corrected chi connectivity index (χ0v) is 12.0. The highest BCUT2D eigenvalue weighted by Crippen LogP contribution is 2.27. The van der Waals surface area contributed by atoms with Gasteiger partial charge in [-0.15, -0.1) is 0 Å². The Bertz CT molecular complexity index is 344. The molecule has 0 aromatic rings. The van der Waals surface area contributed by atoms with Crippen LogP contribution in [-0.4, -0.2) is 115 Å². The fourth-order valence-electron chi connectivity index (χ4n) is 2.49. The standard InChI is InChI=1S/C12H22O11/c13-1-3-5(15)7(17)9(19)11(21-3)23-12-10(20)8(18)6(16)4(2-14)22-12/h3-20H,1-2H2/t3-,4-,5+,6+,7-,8-,9-,10-,11+,12+/m1/s1. The summed E-state index contributed by atoms with van der Waals surface area (Å²) in [5, 5.41) is 76.4. The van der Waals surface area contributed by atoms with E-state index in [2.05, 4.69) is 0 Å². The van der Waals surface area contributed by atoms with E-state index in [0.717, 1.165) is 0 Å². The monoisotopic (exact) mass is 342 g/mol. The molecule has 2 aliphatic rings. The summed E-state index contributed by atoms with van der Waals surface area (Å²) in [4.78, 5) is 0. The van der Waals surface area contributed by atoms with Crippen molar-refractivity contribution in [2.24, 2.45) is 0 Å². The predicted octanol–water partition coefficient (Wildman–Crippen LogP) is -5.40. The molecule has 2 rings (SSSR count). The zero-order valence-electron chi connectivity index (χ0n) is 12.0. The van der Waals surface area contributed by atoms with E-state index in [1.807, 2.05) is 0 Å². The second-order valence-electron chi connectivity index (χ2n) is 5.53. The molecule has 10 atom stereocenters. The number of ether oxygens (including phenoxy) is 3. The fraction of sp³-hybridized carbons (Fsp3) is 1.00. The first-order chi connectivity index (χ1) is 10.8. The topological polar surface area (TPSA) is 190 Å². The van der Waals surface area contributed by atoms with Crippen LogP contribution in [0.1, 0.15) is 0 Å². The van der Waals surface area contributed by atoms with Gasteiger partial charge in [0.2, 0.25) is 0 Å². The van der Waals surface area contributed by atoms with Gasteiger partial charge >= 0.3 is 0 Å². The smallest absolute Gasteiger partial charge is 0.189 e. The number of hydrogen-bond donors (Lipinski definition) is 8. The summed E-state index contributed by atoms with van der Waals surface area (Å²) in [6.45, 7) is -1.33. The molecule has 11 nitrogen and oxygen atoms in total. The summed E-state index contributed by atoms with van der Waals surface area (Å²) >= 11 is 0. The van der Waals surface area contributed by atoms with Gasteiger partial charge in [-0.25, -0.2) is 0 Å². The van der Waals surface area contributed by atoms with Crippen molar-refractivity contribution in [2.45, 2.75) is 61.4 Å². The van der Waals surface area contributed by atoms with Crippen molar-refractivity contribution >= 4 is 0 Å². The van der Waals surface area contributed by atoms with Crippen LogP contribution in [0.5, 0.6) is 0 Å². The van der Waals surface area contributed by atoms with Crippen LogP contribution >= 0.6 is 0 Å². The summed E-state index contributed by atoms with van der Waals surface area (Å²) in [5.41, 5.74) is 0. The molecule has 0 saturated carbocycles. The van der Waals surface area contributed by atoms with Crippen LogP contribution in [0.15, 0.2) is 0 Å². The molecule has 2 saturated heterocycles. The Morgan fingerprint density at radius 1 is 0.565 bits per heavy atom. The highest BCUT2D eigenvalue weighted by molar-refractivity contribution is 4.92. The van der Waals surface area contributed by atoms with Gasteiger partial charge in [-0.3, -0.25) is 0 Å². The van der Waals surface area contributed by atoms with Crippen LogP contribution in [0.25, 0.3) is 0 Å². The normalized spacial score (nSPS) is 51.7. The molecule has 136 valence electrons. The first kappa shape index (κ1) is 18.9. The molecule has 0 radical (unpaired) electrons. The summed E-state index contributed by atoms with van der Waals surface area (Å²) < 4.78 is 15.3. The molecule has 11 heteroatoms. The van der Waals surface area contributed by atoms with E-state index in [0.29, 0.717) is 0 Å². The molecule has 23 heavy (non-hydrogen) atoms. The molecule has 0 spiro atoms. The van der Waals surface area contributed by atoms with Crippen LogP contribution in [0.4, 0.5) is 0 Å². The van der Waals surface area contributed by atoms with E-state index in [-0.39, 0.29) is 0 Å². The first-order valence-electron chi connectivity index (χ1n) is 7.08. The van der Waals surface area contributed by atoms with Gasteiger partial charge < -0.3 is 55.1 Å². The number of hydrogen-bond acceptors (Lipinski definition) is 11. The van der Waals surface area contributed by atoms with Gasteiger partial charge in [-0.05, 0) is 0 Å². The van der Waals surface area contributed by atoms with Gasteiger partial charge in [-0.2, -0.15) is 0 Å². The molecule has 2 fully saturated rings. The molecule has 0 aliphatic carbocycles. The molecule has 0 unspecified atom stereocenters. The molecule has 0 aromatic carbocycles. The summed E-state index contributed by atoms with van der Waals surface area (Å²) in [6.07, 6.45) is -15.6. The Balaban J connectivity index is 2.07. The van der Waals surface area contributed by atoms with Crippen molar-refractivity contribution in [3.8, 4) is 0 Å². The number of aliphatic hydroxyl groups excluding tert-OH is 8. The zero-order chi connectivity index (χ0) is 17.3. The molecule has 2 aliphatic heterocycles. The third-order valence-electron chi connectivity index (χ3n) is 3.97. The van der Waals surface area contributed by atoms with E-state index in [9.17, 15) is 30.6 Å². The van der Waals surface area contributed by atoms with Gasteiger partial charge in [0.05, 0.1) is 13.2 Å². The minimum Gasteiger partial charge on any atom is -0.394 e. The maximum Gasteiger partial charge on any atom is 0.189 e. The van der Waals surface area contributed by atoms with E-state index in [1.54, 1.807) is 0 Å². The van der Waals surface area contributed by atoms with E-state index >= 15 is 0 Å². The fourth-order valence-corrected chi connectivity index (χ4v) is 2.49. The van der Waals surface area contributed by atoms with Crippen molar-refractivity contribution in [3.05, 3.63) is 0 Å². The van der Waals surface area contributed by atoms with Gasteiger partial charge in [-0.1, -0.05) is 0 Å². The van der Waals surface area contributed by atoms with Crippen LogP contribution in [0.3, 0.4) is 0 Å². The Morgan fingerprint density at radius 3 is 1.22 bits per heavy atom. The minimum absolute atomic E-state index is 0.667. The van der Waals surface area contributed by atoms with Gasteiger partial charge in [0.15, 0.2) is 12.6 Å². The maximum atomic E-state index is 9.84. The Hall–Kier alpha value is -0.440. The van der Waals surface area contributed by atoms with Crippen molar-refractivity contribution in [3.63, 3.8) is 0 Å². The molecule has 0 amide bonds. The van der Waals surface area contributed by atoms with Crippen molar-refractivity contribution in [1.82, 2.24) is 0 Å². The second-order valence-corrected chi connectivity index (χ2v) is 5.53. The summed E-state index contributed by atoms with van der Waals surface area (Å²) in [5.74, 6) is 0. The van der Waals surface area contributed by atoms with E-state index < -0.39 is 74.6 Å². The van der Waals surface area contributed by atoms with E-state index in [4.69, 9.17) is 24.4 Å². The number of aliphatic hydroxyl groups is 8. The number of rotatable bonds is 4. The molecule has 2 heterocycles. The third-order valence-corrected chi connectivity index (χ3v) is 3.97. The van der Waals surface area contributed by atoms with Crippen LogP contribution in [0, 0.1) is 0 Å². The average Bonchev–Trinajstić information content (AvgIpc) is 2.55. The van der Waals surface area contributed by atoms with Crippen molar-refractivity contribution in [2.75, 3.05) is 13.2 Å². The minimum atomic E-state index is -1.72. The third kappa shape index (κ3) is 3.65. The molecular weight excluding hydrogens is 320 g/mol. The van der Waals surface area contributed by atoms with Crippen LogP contribution < -0.4 is 0 Å². The molecule has 8 N–H and O–H groups in total. The lowest BCUT2D eigenvalue weighted by molar-refractivity contribution is -0.376. The van der Waals surface area contributed by atoms with Gasteiger partial charge in [0, 0.05) is 0 Å². The van der Waals surface area contributed by atoms with Gasteiger partial charge in [0.25, 0.3) is 0 Å². The van der Waals surface area contributed by atoms with E-state index in [1.165, 1.54) is 0 Å². The summed E-state index contributed by atoms with van der Waals surface area (Å²) in [7, 11) is 0. The Kier molecular flexibility index (Phi) is 6.27. The molecule has 0 aromatic heterocycles. The predicted molar refractivity (Wildman–Crippen MR) is 68.6 cm³/mol. The first-order valence-corrected chi connectivity index (χ1v) is 7.08. The highest BCUT2D eigenvalue weighted by atomic mass is 16.8. The van der Waals surface area contributed by atoms with Crippen molar-refractivity contribution < 1.29 is 55.1 Å². The maximum absolute atomic E-state index is 9.84. The average molecular weight is 342 g/mol. The quantitative estimate of drug-likeness (QED) is 0.243. The second kappa shape index (κ2) is 7.63. The molecule has 0 bridgehead atoms.